The van der Waals surface area contributed by atoms with Crippen LogP contribution >= 0.6 is 15.9 Å². The van der Waals surface area contributed by atoms with E-state index in [1.807, 2.05) is 0 Å². The lowest BCUT2D eigenvalue weighted by molar-refractivity contribution is -0.138. The highest BCUT2D eigenvalue weighted by molar-refractivity contribution is 9.10. The van der Waals surface area contributed by atoms with Crippen LogP contribution < -0.4 is 0 Å². The van der Waals surface area contributed by atoms with Crippen LogP contribution in [0.5, 0.6) is 0 Å². The number of carboxylic acids is 1. The Balaban J connectivity index is 3.72. The Kier molecular flexibility index (Phi) is 3.81. The van der Waals surface area contributed by atoms with Crippen LogP contribution in [0.15, 0.2) is 0 Å². The average Bonchev–Trinajstić information content (AvgIpc) is 1.84. The fraction of sp³-hybridized carbons (Fsp3) is 0.800. The number of hydrogen-bond donors (Lipinski definition) is 1. The number of rotatable bonds is 3. The van der Waals surface area contributed by atoms with E-state index in [2.05, 4.69) is 15.9 Å². The molecule has 0 aromatic heterocycles. The fourth-order valence-corrected chi connectivity index (χ4v) is 0.536. The number of carboxylic acid groups (broad SMARTS) is 1. The van der Waals surface area contributed by atoms with Gasteiger partial charge in [0.05, 0.1) is 6.10 Å². The van der Waals surface area contributed by atoms with Crippen molar-refractivity contribution in [2.24, 2.45) is 0 Å². The largest absolute Gasteiger partial charge is 0.480 e. The Morgan fingerprint density at radius 1 is 1.78 bits per heavy atom. The zero-order valence-electron chi connectivity index (χ0n) is 5.30. The Bertz CT molecular complexity index is 104. The van der Waals surface area contributed by atoms with Crippen molar-refractivity contribution >= 4 is 21.9 Å². The van der Waals surface area contributed by atoms with E-state index in [-0.39, 0.29) is 6.10 Å². The second-order valence-electron chi connectivity index (χ2n) is 1.68. The average molecular weight is 197 g/mol. The summed E-state index contributed by atoms with van der Waals surface area (Å²) >= 11 is 2.94. The lowest BCUT2D eigenvalue weighted by Crippen LogP contribution is -2.27. The van der Waals surface area contributed by atoms with E-state index in [4.69, 9.17) is 9.84 Å². The SMILES string of the molecule is CO[C@@H](C)[C@H](Br)C(=O)O. The van der Waals surface area contributed by atoms with E-state index in [0.717, 1.165) is 0 Å². The summed E-state index contributed by atoms with van der Waals surface area (Å²) < 4.78 is 4.75. The van der Waals surface area contributed by atoms with Gasteiger partial charge in [-0.1, -0.05) is 15.9 Å². The van der Waals surface area contributed by atoms with Crippen molar-refractivity contribution < 1.29 is 14.6 Å². The molecule has 1 N–H and O–H groups in total. The molecule has 4 heteroatoms. The summed E-state index contributed by atoms with van der Waals surface area (Å²) in [6, 6.07) is 0. The molecule has 0 aliphatic heterocycles. The summed E-state index contributed by atoms with van der Waals surface area (Å²) in [5.74, 6) is -0.899. The van der Waals surface area contributed by atoms with Gasteiger partial charge in [0, 0.05) is 7.11 Å². The van der Waals surface area contributed by atoms with Gasteiger partial charge in [0.2, 0.25) is 0 Å². The predicted molar refractivity (Wildman–Crippen MR) is 36.8 cm³/mol. The second kappa shape index (κ2) is 3.85. The first-order valence-corrected chi connectivity index (χ1v) is 3.40. The van der Waals surface area contributed by atoms with Gasteiger partial charge in [-0.3, -0.25) is 4.79 Å². The van der Waals surface area contributed by atoms with Crippen molar-refractivity contribution in [3.8, 4) is 0 Å². The standard InChI is InChI=1S/C5H9BrO3/c1-3(9-2)4(6)5(7)8/h3-4H,1-2H3,(H,7,8)/t3-,4-/m0/s1. The van der Waals surface area contributed by atoms with Crippen molar-refractivity contribution in [1.82, 2.24) is 0 Å². The van der Waals surface area contributed by atoms with Crippen molar-refractivity contribution in [1.29, 1.82) is 0 Å². The molecule has 0 saturated carbocycles. The van der Waals surface area contributed by atoms with Gasteiger partial charge in [0.15, 0.2) is 0 Å². The highest BCUT2D eigenvalue weighted by atomic mass is 79.9. The lowest BCUT2D eigenvalue weighted by Gasteiger charge is -2.11. The lowest BCUT2D eigenvalue weighted by atomic mass is 10.3. The minimum Gasteiger partial charge on any atom is -0.480 e. The first-order chi connectivity index (χ1) is 4.09. The Morgan fingerprint density at radius 3 is 2.33 bits per heavy atom. The first-order valence-electron chi connectivity index (χ1n) is 2.49. The van der Waals surface area contributed by atoms with E-state index < -0.39 is 10.8 Å². The van der Waals surface area contributed by atoms with Crippen LogP contribution in [0.25, 0.3) is 0 Å². The third-order valence-corrected chi connectivity index (χ3v) is 2.16. The molecule has 0 rings (SSSR count). The van der Waals surface area contributed by atoms with Crippen LogP contribution in [0.3, 0.4) is 0 Å². The highest BCUT2D eigenvalue weighted by Crippen LogP contribution is 2.07. The number of carbonyl (C=O) groups is 1. The molecule has 54 valence electrons. The molecule has 0 fully saturated rings. The van der Waals surface area contributed by atoms with Gasteiger partial charge >= 0.3 is 5.97 Å². The highest BCUT2D eigenvalue weighted by Gasteiger charge is 2.20. The van der Waals surface area contributed by atoms with Crippen LogP contribution in [-0.2, 0) is 9.53 Å². The summed E-state index contributed by atoms with van der Waals surface area (Å²) in [4.78, 5) is 9.56. The van der Waals surface area contributed by atoms with Gasteiger partial charge in [-0.25, -0.2) is 0 Å². The minimum atomic E-state index is -0.899. The molecule has 0 unspecified atom stereocenters. The molecule has 0 amide bonds. The van der Waals surface area contributed by atoms with E-state index in [1.54, 1.807) is 6.92 Å². The smallest absolute Gasteiger partial charge is 0.319 e. The molecule has 0 bridgehead atoms. The monoisotopic (exact) mass is 196 g/mol. The maximum Gasteiger partial charge on any atom is 0.319 e. The maximum atomic E-state index is 10.2. The summed E-state index contributed by atoms with van der Waals surface area (Å²) in [6.07, 6.45) is -0.289. The number of ether oxygens (including phenoxy) is 1. The van der Waals surface area contributed by atoms with Gasteiger partial charge in [-0.05, 0) is 6.92 Å². The van der Waals surface area contributed by atoms with Crippen LogP contribution in [0, 0.1) is 0 Å². The molecular formula is C5H9BrO3. The summed E-state index contributed by atoms with van der Waals surface area (Å²) in [5.41, 5.74) is 0. The van der Waals surface area contributed by atoms with Gasteiger partial charge < -0.3 is 9.84 Å². The quantitative estimate of drug-likeness (QED) is 0.682. The molecule has 0 radical (unpaired) electrons. The van der Waals surface area contributed by atoms with E-state index in [1.165, 1.54) is 7.11 Å². The molecule has 9 heavy (non-hydrogen) atoms. The van der Waals surface area contributed by atoms with Crippen molar-refractivity contribution in [2.75, 3.05) is 7.11 Å². The van der Waals surface area contributed by atoms with Crippen molar-refractivity contribution in [3.05, 3.63) is 0 Å². The summed E-state index contributed by atoms with van der Waals surface area (Å²) in [6.45, 7) is 1.69. The Morgan fingerprint density at radius 2 is 2.22 bits per heavy atom. The van der Waals surface area contributed by atoms with Gasteiger partial charge in [0.1, 0.15) is 4.83 Å². The molecule has 0 spiro atoms. The van der Waals surface area contributed by atoms with Crippen molar-refractivity contribution in [2.45, 2.75) is 17.9 Å². The molecule has 0 heterocycles. The minimum absolute atomic E-state index is 0.289. The molecular weight excluding hydrogens is 188 g/mol. The van der Waals surface area contributed by atoms with E-state index in [9.17, 15) is 4.79 Å². The van der Waals surface area contributed by atoms with Crippen LogP contribution in [-0.4, -0.2) is 29.1 Å². The molecule has 0 aromatic carbocycles. The Labute approximate surface area is 62.1 Å². The Hall–Kier alpha value is -0.0900. The molecule has 2 atom stereocenters. The predicted octanol–water partition coefficient (Wildman–Crippen LogP) is 0.869. The topological polar surface area (TPSA) is 46.5 Å². The number of halogens is 1. The van der Waals surface area contributed by atoms with E-state index in [0.29, 0.717) is 0 Å². The number of aliphatic carboxylic acids is 1. The summed E-state index contributed by atoms with van der Waals surface area (Å²) in [7, 11) is 1.47. The van der Waals surface area contributed by atoms with Crippen LogP contribution in [0.2, 0.25) is 0 Å². The maximum absolute atomic E-state index is 10.2. The van der Waals surface area contributed by atoms with Crippen LogP contribution in [0.1, 0.15) is 6.92 Å². The zero-order chi connectivity index (χ0) is 7.44. The van der Waals surface area contributed by atoms with Crippen molar-refractivity contribution in [3.63, 3.8) is 0 Å². The molecule has 0 saturated heterocycles. The van der Waals surface area contributed by atoms with Crippen LogP contribution in [0.4, 0.5) is 0 Å². The van der Waals surface area contributed by atoms with E-state index >= 15 is 0 Å². The number of methoxy groups -OCH3 is 1. The fourth-order valence-electron chi connectivity index (χ4n) is 0.320. The molecule has 0 aromatic rings. The third-order valence-electron chi connectivity index (χ3n) is 1.02. The molecule has 0 aliphatic rings. The normalized spacial score (nSPS) is 16.8. The first kappa shape index (κ1) is 8.91. The van der Waals surface area contributed by atoms with Gasteiger partial charge in [-0.2, -0.15) is 0 Å². The second-order valence-corrected chi connectivity index (χ2v) is 2.67. The number of hydrogen-bond acceptors (Lipinski definition) is 2. The molecule has 0 aliphatic carbocycles. The number of alkyl halides is 1. The van der Waals surface area contributed by atoms with Gasteiger partial charge in [-0.15, -0.1) is 0 Å². The third kappa shape index (κ3) is 2.81. The van der Waals surface area contributed by atoms with Gasteiger partial charge in [0.25, 0.3) is 0 Å². The zero-order valence-corrected chi connectivity index (χ0v) is 6.88. The summed E-state index contributed by atoms with van der Waals surface area (Å²) in [5, 5.41) is 8.36. The molecule has 3 nitrogen and oxygen atoms in total.